The summed E-state index contributed by atoms with van der Waals surface area (Å²) in [7, 11) is -9.95. The van der Waals surface area contributed by atoms with Crippen LogP contribution in [0.3, 0.4) is 0 Å². The van der Waals surface area contributed by atoms with Crippen molar-refractivity contribution in [2.24, 2.45) is 0 Å². The van der Waals surface area contributed by atoms with Crippen LogP contribution in [-0.2, 0) is 65.4 Å². The van der Waals surface area contributed by atoms with Gasteiger partial charge in [-0.3, -0.25) is 37.3 Å². The highest BCUT2D eigenvalue weighted by molar-refractivity contribution is 7.47. The molecule has 0 aliphatic rings. The molecule has 0 aliphatic carbocycles. The summed E-state index contributed by atoms with van der Waals surface area (Å²) in [4.78, 5) is 72.8. The predicted molar refractivity (Wildman–Crippen MR) is 399 cm³/mol. The summed E-state index contributed by atoms with van der Waals surface area (Å²) in [5, 5.41) is 10.6. The van der Waals surface area contributed by atoms with Gasteiger partial charge in [0.1, 0.15) is 19.3 Å². The molecule has 5 atom stereocenters. The number of carbonyl (C=O) groups is 4. The summed E-state index contributed by atoms with van der Waals surface area (Å²) < 4.78 is 68.5. The lowest BCUT2D eigenvalue weighted by Gasteiger charge is -2.21. The van der Waals surface area contributed by atoms with Gasteiger partial charge in [-0.1, -0.05) is 280 Å². The van der Waals surface area contributed by atoms with E-state index in [4.69, 9.17) is 37.0 Å². The lowest BCUT2D eigenvalue weighted by Crippen LogP contribution is -2.30. The lowest BCUT2D eigenvalue weighted by atomic mass is 10.0. The molecule has 19 heteroatoms. The normalized spacial score (nSPS) is 14.4. The Bertz CT molecular complexity index is 2190. The summed E-state index contributed by atoms with van der Waals surface area (Å²) in [6.45, 7) is 4.69. The second kappa shape index (κ2) is 71.6. The van der Waals surface area contributed by atoms with Crippen LogP contribution in [0.5, 0.6) is 0 Å². The maximum absolute atomic E-state index is 13.1. The number of hydrogen-bond acceptors (Lipinski definition) is 15. The second-order valence-electron chi connectivity index (χ2n) is 25.9. The van der Waals surface area contributed by atoms with Crippen molar-refractivity contribution in [3.63, 3.8) is 0 Å². The van der Waals surface area contributed by atoms with Crippen LogP contribution in [0.4, 0.5) is 0 Å². The van der Waals surface area contributed by atoms with Crippen molar-refractivity contribution < 1.29 is 80.2 Å². The van der Waals surface area contributed by atoms with Gasteiger partial charge in [-0.2, -0.15) is 0 Å². The highest BCUT2D eigenvalue weighted by Crippen LogP contribution is 2.45. The van der Waals surface area contributed by atoms with Gasteiger partial charge in [0.25, 0.3) is 0 Å². The Morgan fingerprint density at radius 3 is 0.878 bits per heavy atom. The molecule has 0 amide bonds. The fraction of sp³-hybridized carbons (Fsp3) is 0.772. The molecule has 17 nitrogen and oxygen atoms in total. The zero-order valence-electron chi connectivity index (χ0n) is 62.0. The SMILES string of the molecule is CC/C=C\C/C=C\C/C=C\C/C=C\CCCCCCCCC(=O)OCC(COP(=O)(O)OCC(O)COP(=O)(O)OCC(COC(=O)CCCCCCC/C=C\C/C=C\CCCCC)OC(=O)CCCCCCC/C=C\CCCC)OC(=O)CCCCCCCCCCCCCCC. The van der Waals surface area contributed by atoms with Gasteiger partial charge in [0.15, 0.2) is 12.2 Å². The maximum Gasteiger partial charge on any atom is 0.472 e. The van der Waals surface area contributed by atoms with E-state index in [1.165, 1.54) is 83.5 Å². The van der Waals surface area contributed by atoms with Crippen molar-refractivity contribution in [2.75, 3.05) is 39.6 Å². The Hall–Kier alpha value is -3.76. The number of unbranched alkanes of at least 4 members (excludes halogenated alkanes) is 33. The summed E-state index contributed by atoms with van der Waals surface area (Å²) in [6, 6.07) is 0. The van der Waals surface area contributed by atoms with E-state index in [1.807, 2.05) is 0 Å². The molecule has 98 heavy (non-hydrogen) atoms. The Kier molecular flexibility index (Phi) is 68.9. The van der Waals surface area contributed by atoms with E-state index >= 15 is 0 Å². The first-order valence-electron chi connectivity index (χ1n) is 38.8. The molecule has 0 bridgehead atoms. The number of phosphoric ester groups is 2. The van der Waals surface area contributed by atoms with E-state index < -0.39 is 97.5 Å². The van der Waals surface area contributed by atoms with Crippen molar-refractivity contribution in [1.29, 1.82) is 0 Å². The third-order valence-electron chi connectivity index (χ3n) is 16.3. The van der Waals surface area contributed by atoms with E-state index in [-0.39, 0.29) is 25.7 Å². The smallest absolute Gasteiger partial charge is 0.462 e. The van der Waals surface area contributed by atoms with Gasteiger partial charge in [0.2, 0.25) is 0 Å². The number of ether oxygens (including phenoxy) is 4. The topological polar surface area (TPSA) is 237 Å². The van der Waals surface area contributed by atoms with Gasteiger partial charge in [0.05, 0.1) is 26.4 Å². The lowest BCUT2D eigenvalue weighted by molar-refractivity contribution is -0.161. The zero-order valence-corrected chi connectivity index (χ0v) is 63.7. The average molecular weight is 1420 g/mol. The van der Waals surface area contributed by atoms with Gasteiger partial charge in [0, 0.05) is 25.7 Å². The van der Waals surface area contributed by atoms with Crippen molar-refractivity contribution in [1.82, 2.24) is 0 Å². The fourth-order valence-electron chi connectivity index (χ4n) is 10.4. The van der Waals surface area contributed by atoms with Crippen LogP contribution < -0.4 is 0 Å². The first kappa shape index (κ1) is 94.2. The number of esters is 4. The van der Waals surface area contributed by atoms with Gasteiger partial charge in [-0.05, 0) is 116 Å². The van der Waals surface area contributed by atoms with Crippen LogP contribution in [0.2, 0.25) is 0 Å². The first-order chi connectivity index (χ1) is 47.7. The van der Waals surface area contributed by atoms with Crippen LogP contribution in [-0.4, -0.2) is 96.7 Å². The standard InChI is InChI=1S/C79H140O17P2/c1-5-9-13-17-21-25-29-32-34-35-36-37-39-42-45-48-52-56-60-64-77(82)90-70-75(96-79(84)66-62-58-54-50-46-40-31-27-23-19-15-11-7-3)72-94-98(87,88)92-68-73(80)67-91-97(85,86)93-71-74(95-78(83)65-61-57-53-49-43-28-24-20-16-12-8-4)69-89-76(81)63-59-55-51-47-44-41-38-33-30-26-22-18-14-10-6-2/h9,13,20-22,24-26,32-34,36-38,73-75,80H,5-8,10-12,14-19,23,27-31,35,39-72H2,1-4H3,(H,85,86)(H,87,88)/b13-9-,24-20-,25-21-,26-22-,34-32-,37-36-,38-33-. The molecular formula is C79H140O17P2. The number of aliphatic hydroxyl groups is 1. The van der Waals surface area contributed by atoms with E-state index in [0.29, 0.717) is 25.7 Å². The van der Waals surface area contributed by atoms with Crippen molar-refractivity contribution in [3.05, 3.63) is 85.1 Å². The molecule has 5 unspecified atom stereocenters. The van der Waals surface area contributed by atoms with Crippen LogP contribution in [0.15, 0.2) is 85.1 Å². The Morgan fingerprint density at radius 1 is 0.296 bits per heavy atom. The molecule has 0 aliphatic heterocycles. The number of aliphatic hydroxyl groups excluding tert-OH is 1. The zero-order chi connectivity index (χ0) is 71.8. The third kappa shape index (κ3) is 70.7. The predicted octanol–water partition coefficient (Wildman–Crippen LogP) is 22.2. The molecule has 0 fully saturated rings. The van der Waals surface area contributed by atoms with Crippen molar-refractivity contribution in [3.8, 4) is 0 Å². The number of allylic oxidation sites excluding steroid dienone is 14. The summed E-state index contributed by atoms with van der Waals surface area (Å²) in [5.74, 6) is -2.19. The molecule has 0 aromatic rings. The van der Waals surface area contributed by atoms with Crippen molar-refractivity contribution in [2.45, 2.75) is 354 Å². The van der Waals surface area contributed by atoms with Gasteiger partial charge >= 0.3 is 39.5 Å². The Morgan fingerprint density at radius 2 is 0.541 bits per heavy atom. The third-order valence-corrected chi connectivity index (χ3v) is 18.2. The molecule has 0 aromatic heterocycles. The van der Waals surface area contributed by atoms with Crippen molar-refractivity contribution >= 4 is 39.5 Å². The minimum atomic E-state index is -4.97. The monoisotopic (exact) mass is 1420 g/mol. The number of phosphoric acid groups is 2. The number of carbonyl (C=O) groups excluding carboxylic acids is 4. The van der Waals surface area contributed by atoms with E-state index in [2.05, 4.69) is 113 Å². The van der Waals surface area contributed by atoms with Gasteiger partial charge in [-0.25, -0.2) is 9.13 Å². The highest BCUT2D eigenvalue weighted by atomic mass is 31.2. The number of hydrogen-bond donors (Lipinski definition) is 3. The maximum atomic E-state index is 13.1. The average Bonchev–Trinajstić information content (AvgIpc) is 0.972. The Labute approximate surface area is 595 Å². The highest BCUT2D eigenvalue weighted by Gasteiger charge is 2.30. The molecular weight excluding hydrogens is 1280 g/mol. The fourth-order valence-corrected chi connectivity index (χ4v) is 12.0. The number of rotatable bonds is 73. The molecule has 0 rings (SSSR count). The van der Waals surface area contributed by atoms with Crippen LogP contribution in [0, 0.1) is 0 Å². The molecule has 568 valence electrons. The van der Waals surface area contributed by atoms with Gasteiger partial charge < -0.3 is 33.8 Å². The molecule has 0 aromatic carbocycles. The summed E-state index contributed by atoms with van der Waals surface area (Å²) in [5.41, 5.74) is 0. The van der Waals surface area contributed by atoms with Crippen LogP contribution in [0.25, 0.3) is 0 Å². The van der Waals surface area contributed by atoms with E-state index in [0.717, 1.165) is 173 Å². The quantitative estimate of drug-likeness (QED) is 0.0169. The molecule has 0 heterocycles. The first-order valence-corrected chi connectivity index (χ1v) is 41.8. The molecule has 0 saturated heterocycles. The molecule has 0 radical (unpaired) electrons. The minimum Gasteiger partial charge on any atom is -0.462 e. The Balaban J connectivity index is 5.31. The largest absolute Gasteiger partial charge is 0.472 e. The summed E-state index contributed by atoms with van der Waals surface area (Å²) in [6.07, 6.45) is 72.8. The van der Waals surface area contributed by atoms with E-state index in [9.17, 15) is 43.2 Å². The molecule has 0 spiro atoms. The summed E-state index contributed by atoms with van der Waals surface area (Å²) >= 11 is 0. The molecule has 3 N–H and O–H groups in total. The second-order valence-corrected chi connectivity index (χ2v) is 28.8. The van der Waals surface area contributed by atoms with Crippen LogP contribution >= 0.6 is 15.6 Å². The van der Waals surface area contributed by atoms with Gasteiger partial charge in [-0.15, -0.1) is 0 Å². The molecule has 0 saturated carbocycles. The minimum absolute atomic E-state index is 0.0832. The van der Waals surface area contributed by atoms with E-state index in [1.54, 1.807) is 0 Å². The van der Waals surface area contributed by atoms with Crippen LogP contribution in [0.1, 0.15) is 336 Å².